The first-order valence-electron chi connectivity index (χ1n) is 18.7. The molecule has 55 heavy (non-hydrogen) atoms. The zero-order chi connectivity index (χ0) is 36.3. The fourth-order valence-electron chi connectivity index (χ4n) is 8.29. The quantitative estimate of drug-likeness (QED) is 0.170. The average Bonchev–Trinajstić information content (AvgIpc) is 3.85. The molecule has 0 aliphatic heterocycles. The summed E-state index contributed by atoms with van der Waals surface area (Å²) in [7, 11) is 0. The smallest absolute Gasteiger partial charge is 0.160 e. The normalized spacial score (nSPS) is 11.6. The van der Waals surface area contributed by atoms with E-state index in [0.29, 0.717) is 0 Å². The van der Waals surface area contributed by atoms with Gasteiger partial charge in [-0.3, -0.25) is 0 Å². The van der Waals surface area contributed by atoms with E-state index in [1.807, 2.05) is 11.3 Å². The summed E-state index contributed by atoms with van der Waals surface area (Å²) in [6.07, 6.45) is 0. The highest BCUT2D eigenvalue weighted by molar-refractivity contribution is 7.26. The summed E-state index contributed by atoms with van der Waals surface area (Å²) in [4.78, 5) is 2.35. The van der Waals surface area contributed by atoms with Crippen LogP contribution in [0.15, 0.2) is 205 Å². The number of anilines is 3. The summed E-state index contributed by atoms with van der Waals surface area (Å²) in [6.45, 7) is 0. The molecule has 11 aromatic rings. The minimum atomic E-state index is 0.860. The van der Waals surface area contributed by atoms with Gasteiger partial charge in [0.05, 0.1) is 5.69 Å². The molecule has 0 spiro atoms. The Kier molecular flexibility index (Phi) is 7.39. The Morgan fingerprint density at radius 1 is 0.382 bits per heavy atom. The van der Waals surface area contributed by atoms with Gasteiger partial charge in [-0.2, -0.15) is 0 Å². The Morgan fingerprint density at radius 3 is 1.75 bits per heavy atom. The molecule has 0 amide bonds. The zero-order valence-corrected chi connectivity index (χ0v) is 30.6. The molecule has 2 aromatic heterocycles. The summed E-state index contributed by atoms with van der Waals surface area (Å²) in [5.74, 6) is 0. The summed E-state index contributed by atoms with van der Waals surface area (Å²) in [5, 5.41) is 7.26. The largest absolute Gasteiger partial charge is 0.454 e. The molecule has 0 unspecified atom stereocenters. The minimum absolute atomic E-state index is 0.860. The molecule has 258 valence electrons. The third-order valence-corrected chi connectivity index (χ3v) is 12.1. The van der Waals surface area contributed by atoms with Crippen molar-refractivity contribution < 1.29 is 4.42 Å². The molecule has 0 radical (unpaired) electrons. The van der Waals surface area contributed by atoms with Crippen LogP contribution in [0.2, 0.25) is 0 Å². The molecule has 0 atom stereocenters. The number of hydrogen-bond donors (Lipinski definition) is 0. The van der Waals surface area contributed by atoms with Gasteiger partial charge in [-0.15, -0.1) is 11.3 Å². The molecule has 2 nitrogen and oxygen atoms in total. The maximum absolute atomic E-state index is 7.00. The van der Waals surface area contributed by atoms with Gasteiger partial charge >= 0.3 is 0 Å². The fraction of sp³-hybridized carbons (Fsp3) is 0. The summed E-state index contributed by atoms with van der Waals surface area (Å²) >= 11 is 1.87. The second-order valence-corrected chi connectivity index (χ2v) is 15.1. The van der Waals surface area contributed by atoms with Crippen LogP contribution < -0.4 is 4.90 Å². The highest BCUT2D eigenvalue weighted by Gasteiger charge is 2.23. The first-order chi connectivity index (χ1) is 27.3. The molecule has 0 N–H and O–H groups in total. The van der Waals surface area contributed by atoms with E-state index >= 15 is 0 Å². The predicted molar refractivity (Wildman–Crippen MR) is 235 cm³/mol. The number of hydrogen-bond acceptors (Lipinski definition) is 3. The first kappa shape index (κ1) is 31.6. The van der Waals surface area contributed by atoms with Gasteiger partial charge in [-0.05, 0) is 86.6 Å². The highest BCUT2D eigenvalue weighted by Crippen LogP contribution is 2.48. The van der Waals surface area contributed by atoms with E-state index in [9.17, 15) is 0 Å². The van der Waals surface area contributed by atoms with Gasteiger partial charge in [0, 0.05) is 42.3 Å². The monoisotopic (exact) mass is 719 g/mol. The van der Waals surface area contributed by atoms with E-state index in [1.54, 1.807) is 0 Å². The fourth-order valence-corrected chi connectivity index (χ4v) is 9.53. The molecule has 0 saturated heterocycles. The Labute approximate surface area is 322 Å². The predicted octanol–water partition coefficient (Wildman–Crippen LogP) is 15.6. The van der Waals surface area contributed by atoms with E-state index in [-0.39, 0.29) is 0 Å². The highest BCUT2D eigenvalue weighted by atomic mass is 32.1. The van der Waals surface area contributed by atoms with Gasteiger partial charge in [0.25, 0.3) is 0 Å². The lowest BCUT2D eigenvalue weighted by atomic mass is 9.95. The zero-order valence-electron chi connectivity index (χ0n) is 29.8. The van der Waals surface area contributed by atoms with Gasteiger partial charge < -0.3 is 9.32 Å². The van der Waals surface area contributed by atoms with Crippen LogP contribution in [0.4, 0.5) is 17.1 Å². The van der Waals surface area contributed by atoms with Crippen LogP contribution in [0.5, 0.6) is 0 Å². The van der Waals surface area contributed by atoms with E-state index < -0.39 is 0 Å². The molecule has 3 heteroatoms. The molecule has 0 aliphatic rings. The van der Waals surface area contributed by atoms with Gasteiger partial charge in [0.1, 0.15) is 5.58 Å². The lowest BCUT2D eigenvalue weighted by molar-refractivity contribution is 0.669. The molecule has 11 rings (SSSR count). The standard InChI is InChI=1S/C52H33NOS/c1-3-12-34(13-4-1)35-22-27-39(28-23-35)53(40-29-24-38(25-30-40)43-19-11-20-45-44-18-9-10-21-48(44)55-52(43)45)46-32-31-42(36-14-5-2-6-15-36)50-49-41-17-8-7-16-37(41)26-33-47(49)54-51(46)50/h1-33H. The topological polar surface area (TPSA) is 16.4 Å². The number of furan rings is 1. The van der Waals surface area contributed by atoms with E-state index in [4.69, 9.17) is 4.42 Å². The molecular formula is C52H33NOS. The second kappa shape index (κ2) is 12.9. The molecule has 0 fully saturated rings. The maximum atomic E-state index is 7.00. The Morgan fingerprint density at radius 2 is 0.982 bits per heavy atom. The van der Waals surface area contributed by atoms with Crippen LogP contribution in [-0.4, -0.2) is 0 Å². The number of rotatable bonds is 6. The SMILES string of the molecule is c1ccc(-c2ccc(N(c3ccc(-c4cccc5c4sc4ccccc45)cc3)c3ccc(-c4ccccc4)c4c3oc3ccc5ccccc5c34)cc2)cc1. The summed E-state index contributed by atoms with van der Waals surface area (Å²) in [6, 6.07) is 71.9. The van der Waals surface area contributed by atoms with Crippen molar-refractivity contribution in [1.82, 2.24) is 0 Å². The van der Waals surface area contributed by atoms with Crippen molar-refractivity contribution in [3.63, 3.8) is 0 Å². The van der Waals surface area contributed by atoms with Crippen LogP contribution in [0.3, 0.4) is 0 Å². The lowest BCUT2D eigenvalue weighted by Crippen LogP contribution is -2.10. The van der Waals surface area contributed by atoms with Crippen molar-refractivity contribution >= 4 is 81.3 Å². The van der Waals surface area contributed by atoms with Crippen molar-refractivity contribution in [2.75, 3.05) is 4.90 Å². The van der Waals surface area contributed by atoms with Crippen molar-refractivity contribution in [1.29, 1.82) is 0 Å². The summed E-state index contributed by atoms with van der Waals surface area (Å²) < 4.78 is 9.63. The van der Waals surface area contributed by atoms with Crippen molar-refractivity contribution in [2.45, 2.75) is 0 Å². The van der Waals surface area contributed by atoms with Gasteiger partial charge in [0.2, 0.25) is 0 Å². The number of thiophene rings is 1. The molecule has 9 aromatic carbocycles. The summed E-state index contributed by atoms with van der Waals surface area (Å²) in [5.41, 5.74) is 12.0. The Hall–Kier alpha value is -6.94. The Balaban J connectivity index is 1.13. The first-order valence-corrected chi connectivity index (χ1v) is 19.5. The molecule has 0 aliphatic carbocycles. The van der Waals surface area contributed by atoms with Crippen molar-refractivity contribution in [3.8, 4) is 33.4 Å². The van der Waals surface area contributed by atoms with Crippen molar-refractivity contribution in [3.05, 3.63) is 200 Å². The van der Waals surface area contributed by atoms with Crippen LogP contribution in [0.1, 0.15) is 0 Å². The van der Waals surface area contributed by atoms with E-state index in [0.717, 1.165) is 50.1 Å². The molecular weight excluding hydrogens is 687 g/mol. The van der Waals surface area contributed by atoms with Crippen LogP contribution in [0.25, 0.3) is 86.3 Å². The van der Waals surface area contributed by atoms with Gasteiger partial charge in [-0.25, -0.2) is 0 Å². The molecule has 0 saturated carbocycles. The van der Waals surface area contributed by atoms with Crippen LogP contribution >= 0.6 is 11.3 Å². The van der Waals surface area contributed by atoms with Crippen LogP contribution in [0, 0.1) is 0 Å². The molecule has 2 heterocycles. The molecule has 0 bridgehead atoms. The number of fused-ring (bicyclic) bond motifs is 8. The number of benzene rings is 9. The third-order valence-electron chi connectivity index (χ3n) is 10.9. The van der Waals surface area contributed by atoms with Gasteiger partial charge in [-0.1, -0.05) is 158 Å². The Bertz CT molecular complexity index is 3180. The number of nitrogens with zero attached hydrogens (tertiary/aromatic N) is 1. The average molecular weight is 720 g/mol. The third kappa shape index (κ3) is 5.24. The maximum Gasteiger partial charge on any atom is 0.160 e. The van der Waals surface area contributed by atoms with Crippen molar-refractivity contribution in [2.24, 2.45) is 0 Å². The minimum Gasteiger partial charge on any atom is -0.454 e. The van der Waals surface area contributed by atoms with E-state index in [1.165, 1.54) is 53.2 Å². The van der Waals surface area contributed by atoms with E-state index in [2.05, 4.69) is 205 Å². The van der Waals surface area contributed by atoms with Gasteiger partial charge in [0.15, 0.2) is 5.58 Å². The second-order valence-electron chi connectivity index (χ2n) is 14.0. The van der Waals surface area contributed by atoms with Crippen LogP contribution in [-0.2, 0) is 0 Å². The lowest BCUT2D eigenvalue weighted by Gasteiger charge is -2.26.